The molecule has 2 aromatic carbocycles. The van der Waals surface area contributed by atoms with Gasteiger partial charge in [0.2, 0.25) is 0 Å². The molecule has 0 radical (unpaired) electrons. The first-order valence-corrected chi connectivity index (χ1v) is 8.57. The third-order valence-corrected chi connectivity index (χ3v) is 5.12. The van der Waals surface area contributed by atoms with Crippen LogP contribution >= 0.6 is 34.8 Å². The molecule has 0 amide bonds. The standard InChI is InChI=1S/C17H12Cl3NO4/c18-5-7(22)6-21-14-10-11(17(25)13(20)12(14)19)16(24)9-4-2-1-3-8(9)15(10)23/h1-4,7,21-22,25H,5-6H2. The second-order valence-corrected chi connectivity index (χ2v) is 6.56. The van der Waals surface area contributed by atoms with Gasteiger partial charge in [0.25, 0.3) is 0 Å². The fourth-order valence-corrected chi connectivity index (χ4v) is 3.26. The van der Waals surface area contributed by atoms with Crippen molar-refractivity contribution in [3.63, 3.8) is 0 Å². The summed E-state index contributed by atoms with van der Waals surface area (Å²) in [7, 11) is 0. The molecule has 0 aromatic heterocycles. The van der Waals surface area contributed by atoms with Crippen molar-refractivity contribution >= 4 is 52.1 Å². The highest BCUT2D eigenvalue weighted by atomic mass is 35.5. The van der Waals surface area contributed by atoms with Gasteiger partial charge in [-0.3, -0.25) is 9.59 Å². The first kappa shape index (κ1) is 18.0. The summed E-state index contributed by atoms with van der Waals surface area (Å²) < 4.78 is 0. The molecular formula is C17H12Cl3NO4. The highest BCUT2D eigenvalue weighted by molar-refractivity contribution is 6.47. The fourth-order valence-electron chi connectivity index (χ4n) is 2.71. The van der Waals surface area contributed by atoms with E-state index in [1.807, 2.05) is 0 Å². The van der Waals surface area contributed by atoms with E-state index in [0.717, 1.165) is 0 Å². The Morgan fingerprint density at radius 1 is 1.00 bits per heavy atom. The Morgan fingerprint density at radius 2 is 1.56 bits per heavy atom. The summed E-state index contributed by atoms with van der Waals surface area (Å²) in [6.45, 7) is -0.0140. The predicted molar refractivity (Wildman–Crippen MR) is 96.7 cm³/mol. The van der Waals surface area contributed by atoms with Gasteiger partial charge < -0.3 is 15.5 Å². The number of carbonyl (C=O) groups is 2. The lowest BCUT2D eigenvalue weighted by Gasteiger charge is -2.24. The van der Waals surface area contributed by atoms with Crippen LogP contribution in [0.4, 0.5) is 5.69 Å². The number of halogens is 3. The lowest BCUT2D eigenvalue weighted by molar-refractivity contribution is 0.0977. The van der Waals surface area contributed by atoms with Crippen molar-refractivity contribution in [1.29, 1.82) is 0 Å². The Labute approximate surface area is 158 Å². The van der Waals surface area contributed by atoms with Gasteiger partial charge in [-0.2, -0.15) is 0 Å². The number of phenolic OH excluding ortho intramolecular Hbond substituents is 1. The molecule has 0 spiro atoms. The van der Waals surface area contributed by atoms with E-state index in [-0.39, 0.29) is 50.4 Å². The van der Waals surface area contributed by atoms with E-state index in [0.29, 0.717) is 0 Å². The van der Waals surface area contributed by atoms with Crippen LogP contribution in [0.2, 0.25) is 10.0 Å². The largest absolute Gasteiger partial charge is 0.506 e. The third-order valence-electron chi connectivity index (χ3n) is 3.92. The summed E-state index contributed by atoms with van der Waals surface area (Å²) in [4.78, 5) is 25.7. The van der Waals surface area contributed by atoms with Crippen molar-refractivity contribution in [3.05, 3.63) is 56.6 Å². The molecule has 0 aliphatic heterocycles. The van der Waals surface area contributed by atoms with Crippen LogP contribution in [0.5, 0.6) is 5.75 Å². The molecule has 5 nitrogen and oxygen atoms in total. The number of rotatable bonds is 4. The smallest absolute Gasteiger partial charge is 0.198 e. The van der Waals surface area contributed by atoms with Crippen LogP contribution in [0.1, 0.15) is 31.8 Å². The van der Waals surface area contributed by atoms with E-state index in [1.54, 1.807) is 12.1 Å². The number of hydrogen-bond acceptors (Lipinski definition) is 5. The molecule has 1 atom stereocenters. The number of carbonyl (C=O) groups excluding carboxylic acids is 2. The monoisotopic (exact) mass is 399 g/mol. The number of anilines is 1. The lowest BCUT2D eigenvalue weighted by atomic mass is 9.82. The topological polar surface area (TPSA) is 86.6 Å². The molecular weight excluding hydrogens is 389 g/mol. The quantitative estimate of drug-likeness (QED) is 0.461. The predicted octanol–water partition coefficient (Wildman–Crippen LogP) is 3.49. The Morgan fingerprint density at radius 3 is 2.12 bits per heavy atom. The van der Waals surface area contributed by atoms with Gasteiger partial charge in [-0.1, -0.05) is 47.5 Å². The van der Waals surface area contributed by atoms with Gasteiger partial charge in [0.15, 0.2) is 11.6 Å². The number of aromatic hydroxyl groups is 1. The number of nitrogens with one attached hydrogen (secondary N) is 1. The van der Waals surface area contributed by atoms with Crippen LogP contribution in [0.15, 0.2) is 24.3 Å². The number of aliphatic hydroxyl groups is 1. The number of ketones is 2. The van der Waals surface area contributed by atoms with Crippen molar-refractivity contribution in [2.45, 2.75) is 6.10 Å². The summed E-state index contributed by atoms with van der Waals surface area (Å²) >= 11 is 17.8. The average Bonchev–Trinajstić information content (AvgIpc) is 2.63. The number of alkyl halides is 1. The normalized spacial score (nSPS) is 14.1. The molecule has 3 N–H and O–H groups in total. The Bertz CT molecular complexity index is 898. The maximum absolute atomic E-state index is 12.9. The Balaban J connectivity index is 2.24. The number of benzene rings is 2. The minimum absolute atomic E-state index is 0.0140. The highest BCUT2D eigenvalue weighted by Gasteiger charge is 2.37. The summed E-state index contributed by atoms with van der Waals surface area (Å²) in [6.07, 6.45) is -0.900. The molecule has 3 rings (SSSR count). The Hall–Kier alpha value is -1.79. The SMILES string of the molecule is O=C1c2ccccc2C(=O)c2c(NCC(O)CCl)c(Cl)c(Cl)c(O)c21. The summed E-state index contributed by atoms with van der Waals surface area (Å²) in [6, 6.07) is 6.29. The molecule has 25 heavy (non-hydrogen) atoms. The van der Waals surface area contributed by atoms with Gasteiger partial charge in [0, 0.05) is 17.7 Å². The summed E-state index contributed by atoms with van der Waals surface area (Å²) in [5.74, 6) is -1.57. The van der Waals surface area contributed by atoms with E-state index in [4.69, 9.17) is 34.8 Å². The van der Waals surface area contributed by atoms with E-state index in [2.05, 4.69) is 5.32 Å². The van der Waals surface area contributed by atoms with Gasteiger partial charge in [-0.15, -0.1) is 11.6 Å². The van der Waals surface area contributed by atoms with E-state index in [9.17, 15) is 19.8 Å². The van der Waals surface area contributed by atoms with Crippen molar-refractivity contribution in [1.82, 2.24) is 0 Å². The van der Waals surface area contributed by atoms with Crippen LogP contribution in [0.3, 0.4) is 0 Å². The molecule has 0 saturated heterocycles. The highest BCUT2D eigenvalue weighted by Crippen LogP contribution is 2.46. The van der Waals surface area contributed by atoms with Crippen LogP contribution in [0.25, 0.3) is 0 Å². The number of fused-ring (bicyclic) bond motifs is 2. The van der Waals surface area contributed by atoms with Crippen LogP contribution < -0.4 is 5.32 Å². The van der Waals surface area contributed by atoms with E-state index >= 15 is 0 Å². The van der Waals surface area contributed by atoms with Gasteiger partial charge >= 0.3 is 0 Å². The second-order valence-electron chi connectivity index (χ2n) is 5.49. The first-order valence-electron chi connectivity index (χ1n) is 7.28. The van der Waals surface area contributed by atoms with Crippen molar-refractivity contribution in [3.8, 4) is 5.75 Å². The lowest BCUT2D eigenvalue weighted by Crippen LogP contribution is -2.26. The maximum atomic E-state index is 12.9. The number of aliphatic hydroxyl groups excluding tert-OH is 1. The molecule has 0 heterocycles. The molecule has 1 aliphatic carbocycles. The molecule has 2 aromatic rings. The zero-order chi connectivity index (χ0) is 18.3. The number of phenols is 1. The first-order chi connectivity index (χ1) is 11.9. The van der Waals surface area contributed by atoms with Crippen LogP contribution in [-0.4, -0.2) is 40.3 Å². The van der Waals surface area contributed by atoms with Crippen molar-refractivity contribution in [2.75, 3.05) is 17.7 Å². The van der Waals surface area contributed by atoms with Crippen LogP contribution in [-0.2, 0) is 0 Å². The molecule has 0 saturated carbocycles. The molecule has 0 bridgehead atoms. The third kappa shape index (κ3) is 2.87. The average molecular weight is 401 g/mol. The zero-order valence-corrected chi connectivity index (χ0v) is 14.9. The maximum Gasteiger partial charge on any atom is 0.198 e. The summed E-state index contributed by atoms with van der Waals surface area (Å²) in [5.41, 5.74) is 0.189. The Kier molecular flexibility index (Phi) is 4.93. The molecule has 1 aliphatic rings. The second kappa shape index (κ2) is 6.84. The van der Waals surface area contributed by atoms with Gasteiger partial charge in [-0.25, -0.2) is 0 Å². The summed E-state index contributed by atoms with van der Waals surface area (Å²) in [5, 5.41) is 22.4. The van der Waals surface area contributed by atoms with Crippen molar-refractivity contribution in [2.24, 2.45) is 0 Å². The van der Waals surface area contributed by atoms with Gasteiger partial charge in [0.05, 0.1) is 33.8 Å². The number of hydrogen-bond donors (Lipinski definition) is 3. The van der Waals surface area contributed by atoms with Gasteiger partial charge in [0.1, 0.15) is 10.8 Å². The van der Waals surface area contributed by atoms with Crippen molar-refractivity contribution < 1.29 is 19.8 Å². The van der Waals surface area contributed by atoms with E-state index < -0.39 is 23.4 Å². The van der Waals surface area contributed by atoms with Crippen LogP contribution in [0, 0.1) is 0 Å². The molecule has 0 fully saturated rings. The minimum Gasteiger partial charge on any atom is -0.506 e. The molecule has 130 valence electrons. The van der Waals surface area contributed by atoms with Gasteiger partial charge in [-0.05, 0) is 0 Å². The zero-order valence-electron chi connectivity index (χ0n) is 12.6. The molecule has 8 heteroatoms. The fraction of sp³-hybridized carbons (Fsp3) is 0.176. The minimum atomic E-state index is -0.900. The molecule has 1 unspecified atom stereocenters. The van der Waals surface area contributed by atoms with E-state index in [1.165, 1.54) is 12.1 Å².